The maximum Gasteiger partial charge on any atom is 0.328 e. The molecule has 0 aliphatic carbocycles. The van der Waals surface area contributed by atoms with Gasteiger partial charge in [-0.1, -0.05) is 24.3 Å². The molecule has 6 heterocycles. The second-order valence-electron chi connectivity index (χ2n) is 17.4. The first-order chi connectivity index (χ1) is 30.0. The third-order valence-corrected chi connectivity index (χ3v) is 13.5. The van der Waals surface area contributed by atoms with Crippen molar-refractivity contribution in [2.24, 2.45) is 0 Å². The minimum atomic E-state index is -1.36. The molecule has 14 nitrogen and oxygen atoms in total. The summed E-state index contributed by atoms with van der Waals surface area (Å²) in [6, 6.07) is 22.5. The van der Waals surface area contributed by atoms with Crippen LogP contribution in [0.4, 0.5) is 26.4 Å². The minimum absolute atomic E-state index is 0.00330. The Labute approximate surface area is 360 Å². The van der Waals surface area contributed by atoms with Gasteiger partial charge in [0.25, 0.3) is 5.91 Å². The number of piperidine rings is 3. The topological polar surface area (TPSA) is 162 Å². The van der Waals surface area contributed by atoms with Crippen LogP contribution in [0.2, 0.25) is 0 Å². The number of nitrogens with zero attached hydrogens (tertiary/aromatic N) is 7. The van der Waals surface area contributed by atoms with E-state index in [1.165, 1.54) is 0 Å². The number of hydrogen-bond acceptors (Lipinski definition) is 10. The monoisotopic (exact) mass is 843 g/mol. The summed E-state index contributed by atoms with van der Waals surface area (Å²) in [5.41, 5.74) is 11.5. The lowest BCUT2D eigenvalue weighted by atomic mass is 9.87. The van der Waals surface area contributed by atoms with Gasteiger partial charge in [-0.25, -0.2) is 9.18 Å². The average Bonchev–Trinajstić information content (AvgIpc) is 3.62. The predicted octanol–water partition coefficient (Wildman–Crippen LogP) is 6.43. The molecular formula is C47H54FN9O5. The molecule has 5 aromatic rings. The Hall–Kier alpha value is -6.06. The number of methoxy groups -OCH3 is 1. The minimum Gasteiger partial charge on any atom is -0.507 e. The number of phenolic OH excluding ortho intramolecular Hbond substituents is 1. The SMILES string of the molecule is CO[C@H]1CCN(c2cc(-c3ccccc3O)nnc2N)C[C@H]1c1ccc(C(=O)N2CCC(F)(CN3CCC(n4cc(C)c5cc(N6CCC(=O)NC6=O)ccc54)CC3)CC2)cc1. The molecule has 4 fully saturated rings. The lowest BCUT2D eigenvalue weighted by molar-refractivity contribution is -0.120. The van der Waals surface area contributed by atoms with E-state index in [4.69, 9.17) is 10.5 Å². The number of ether oxygens (including phenoxy) is 1. The van der Waals surface area contributed by atoms with Gasteiger partial charge in [0.05, 0.1) is 17.5 Å². The van der Waals surface area contributed by atoms with Crippen molar-refractivity contribution < 1.29 is 28.6 Å². The number of rotatable bonds is 9. The number of carbonyl (C=O) groups excluding carboxylic acids is 3. The number of fused-ring (bicyclic) bond motifs is 1. The number of aromatic hydroxyl groups is 1. The molecule has 0 unspecified atom stereocenters. The van der Waals surface area contributed by atoms with E-state index in [0.717, 1.165) is 65.8 Å². The van der Waals surface area contributed by atoms with E-state index in [0.29, 0.717) is 74.7 Å². The number of carbonyl (C=O) groups is 3. The summed E-state index contributed by atoms with van der Waals surface area (Å²) in [5, 5.41) is 22.4. The molecule has 4 N–H and O–H groups in total. The standard InChI is InChI=1S/C47H54FN9O5/c1-30-27-57(39-12-11-34(25-36(30)39)56-22-16-43(59)50-46(56)61)33-13-19-53(20-14-33)29-47(48)17-23-54(24-18-47)45(60)32-9-7-31(8-10-32)37-28-55(21-15-42(37)62-2)40-26-38(51-52-44(40)49)35-5-3-4-6-41(35)58/h3-12,25-27,33,37,42,58H,13-24,28-29H2,1-2H3,(H2,49,52)(H,50,59,61)/t37-,42-/m0/s1. The number of benzene rings is 3. The van der Waals surface area contributed by atoms with Crippen molar-refractivity contribution in [2.45, 2.75) is 69.2 Å². The third-order valence-electron chi connectivity index (χ3n) is 13.5. The summed E-state index contributed by atoms with van der Waals surface area (Å²) in [6.07, 6.45) is 5.58. The van der Waals surface area contributed by atoms with E-state index >= 15 is 4.39 Å². The van der Waals surface area contributed by atoms with Gasteiger partial charge in [-0.3, -0.25) is 19.8 Å². The van der Waals surface area contributed by atoms with Crippen molar-refractivity contribution in [1.82, 2.24) is 29.9 Å². The Bertz CT molecular complexity index is 2480. The molecule has 4 saturated heterocycles. The fourth-order valence-corrected chi connectivity index (χ4v) is 9.99. The van der Waals surface area contributed by atoms with Crippen molar-refractivity contribution >= 4 is 45.9 Å². The smallest absolute Gasteiger partial charge is 0.328 e. The predicted molar refractivity (Wildman–Crippen MR) is 236 cm³/mol. The van der Waals surface area contributed by atoms with E-state index in [9.17, 15) is 19.5 Å². The Kier molecular flexibility index (Phi) is 11.3. The molecule has 2 aromatic heterocycles. The van der Waals surface area contributed by atoms with Gasteiger partial charge in [0, 0.05) is 125 Å². The number of aromatic nitrogens is 3. The summed E-state index contributed by atoms with van der Waals surface area (Å²) in [7, 11) is 1.72. The Morgan fingerprint density at radius 1 is 0.952 bits per heavy atom. The van der Waals surface area contributed by atoms with Crippen LogP contribution in [-0.2, 0) is 9.53 Å². The number of hydrogen-bond donors (Lipinski definition) is 3. The van der Waals surface area contributed by atoms with Gasteiger partial charge < -0.3 is 34.8 Å². The van der Waals surface area contributed by atoms with Crippen LogP contribution in [0.3, 0.4) is 0 Å². The molecule has 0 bridgehead atoms. The first kappa shape index (κ1) is 41.3. The Morgan fingerprint density at radius 3 is 2.44 bits per heavy atom. The molecule has 324 valence electrons. The molecule has 9 rings (SSSR count). The second-order valence-corrected chi connectivity index (χ2v) is 17.4. The van der Waals surface area contributed by atoms with Crippen LogP contribution in [-0.4, -0.2) is 119 Å². The zero-order valence-electron chi connectivity index (χ0n) is 35.3. The van der Waals surface area contributed by atoms with Crippen LogP contribution in [0, 0.1) is 6.92 Å². The number of aryl methyl sites for hydroxylation is 1. The number of alkyl halides is 1. The number of amides is 4. The molecule has 4 amide bonds. The highest BCUT2D eigenvalue weighted by Crippen LogP contribution is 2.38. The number of anilines is 3. The van der Waals surface area contributed by atoms with E-state index in [-0.39, 0.29) is 42.0 Å². The van der Waals surface area contributed by atoms with E-state index in [1.807, 2.05) is 48.5 Å². The molecule has 15 heteroatoms. The molecule has 0 spiro atoms. The van der Waals surface area contributed by atoms with Gasteiger partial charge in [-0.15, -0.1) is 10.2 Å². The van der Waals surface area contributed by atoms with Crippen LogP contribution >= 0.6 is 0 Å². The highest BCUT2D eigenvalue weighted by molar-refractivity contribution is 6.06. The zero-order chi connectivity index (χ0) is 43.1. The van der Waals surface area contributed by atoms with Gasteiger partial charge in [0.2, 0.25) is 5.91 Å². The quantitative estimate of drug-likeness (QED) is 0.151. The number of likely N-dealkylation sites (tertiary alicyclic amines) is 2. The van der Waals surface area contributed by atoms with Crippen LogP contribution < -0.4 is 20.9 Å². The average molecular weight is 844 g/mol. The number of urea groups is 1. The summed E-state index contributed by atoms with van der Waals surface area (Å²) >= 11 is 0. The number of para-hydroxylation sites is 1. The second kappa shape index (κ2) is 17.0. The summed E-state index contributed by atoms with van der Waals surface area (Å²) in [6.45, 7) is 6.43. The van der Waals surface area contributed by atoms with Gasteiger partial charge in [0.15, 0.2) is 5.82 Å². The third kappa shape index (κ3) is 8.18. The molecule has 3 aromatic carbocycles. The van der Waals surface area contributed by atoms with E-state index < -0.39 is 11.7 Å². The molecule has 62 heavy (non-hydrogen) atoms. The number of halogens is 1. The number of imide groups is 1. The Morgan fingerprint density at radius 2 is 1.71 bits per heavy atom. The van der Waals surface area contributed by atoms with Gasteiger partial charge in [-0.05, 0) is 85.8 Å². The van der Waals surface area contributed by atoms with Gasteiger partial charge in [-0.2, -0.15) is 0 Å². The summed E-state index contributed by atoms with van der Waals surface area (Å²) in [5.74, 6) is 0.0871. The van der Waals surface area contributed by atoms with Crippen LogP contribution in [0.1, 0.15) is 72.0 Å². The molecule has 0 radical (unpaired) electrons. The highest BCUT2D eigenvalue weighted by Gasteiger charge is 2.39. The van der Waals surface area contributed by atoms with Crippen LogP contribution in [0.15, 0.2) is 79.0 Å². The lowest BCUT2D eigenvalue weighted by Crippen LogP contribution is -2.51. The molecule has 2 atom stereocenters. The first-order valence-corrected chi connectivity index (χ1v) is 21.7. The van der Waals surface area contributed by atoms with Gasteiger partial charge >= 0.3 is 6.03 Å². The van der Waals surface area contributed by atoms with Crippen LogP contribution in [0.25, 0.3) is 22.2 Å². The van der Waals surface area contributed by atoms with Crippen molar-refractivity contribution in [3.05, 3.63) is 95.7 Å². The van der Waals surface area contributed by atoms with E-state index in [1.54, 1.807) is 35.1 Å². The summed E-state index contributed by atoms with van der Waals surface area (Å²) in [4.78, 5) is 45.7. The van der Waals surface area contributed by atoms with Crippen molar-refractivity contribution in [2.75, 3.05) is 75.0 Å². The van der Waals surface area contributed by atoms with E-state index in [2.05, 4.69) is 49.1 Å². The fourth-order valence-electron chi connectivity index (χ4n) is 9.99. The first-order valence-electron chi connectivity index (χ1n) is 21.7. The van der Waals surface area contributed by atoms with Crippen molar-refractivity contribution in [3.8, 4) is 17.0 Å². The summed E-state index contributed by atoms with van der Waals surface area (Å²) < 4.78 is 24.7. The van der Waals surface area contributed by atoms with Crippen molar-refractivity contribution in [1.29, 1.82) is 0 Å². The number of nitrogens with one attached hydrogen (secondary N) is 1. The normalized spacial score (nSPS) is 21.4. The zero-order valence-corrected chi connectivity index (χ0v) is 35.3. The molecule has 4 aliphatic rings. The fraction of sp³-hybridized carbons (Fsp3) is 0.426. The maximum absolute atomic E-state index is 16.4. The van der Waals surface area contributed by atoms with Gasteiger partial charge in [0.1, 0.15) is 11.4 Å². The number of nitrogen functional groups attached to an aromatic ring is 1. The molecule has 4 aliphatic heterocycles. The lowest BCUT2D eigenvalue weighted by Gasteiger charge is -2.41. The number of phenols is 1. The molecule has 0 saturated carbocycles. The largest absolute Gasteiger partial charge is 0.507 e. The van der Waals surface area contributed by atoms with Crippen molar-refractivity contribution in [3.63, 3.8) is 0 Å². The van der Waals surface area contributed by atoms with Crippen LogP contribution in [0.5, 0.6) is 5.75 Å². The maximum atomic E-state index is 16.4. The number of nitrogens with two attached hydrogens (primary N) is 1. The Balaban J connectivity index is 0.785. The highest BCUT2D eigenvalue weighted by atomic mass is 19.1. The molecular weight excluding hydrogens is 790 g/mol.